The Hall–Kier alpha value is -1.79. The normalized spacial score (nSPS) is 33.2. The average molecular weight is 422 g/mol. The van der Waals surface area contributed by atoms with Crippen LogP contribution < -0.4 is 10.1 Å². The van der Waals surface area contributed by atoms with Gasteiger partial charge in [-0.1, -0.05) is 11.6 Å². The van der Waals surface area contributed by atoms with Crippen molar-refractivity contribution in [3.05, 3.63) is 23.2 Å². The van der Waals surface area contributed by atoms with E-state index < -0.39 is 17.6 Å². The lowest BCUT2D eigenvalue weighted by Gasteiger charge is -2.60. The number of carbonyl (C=O) groups excluding carboxylic acids is 2. The predicted molar refractivity (Wildman–Crippen MR) is 109 cm³/mol. The first-order valence-corrected chi connectivity index (χ1v) is 10.6. The summed E-state index contributed by atoms with van der Waals surface area (Å²) in [6.07, 6.45) is 4.83. The topological polar surface area (TPSA) is 84.9 Å². The van der Waals surface area contributed by atoms with Gasteiger partial charge in [-0.05, 0) is 80.9 Å². The number of ether oxygens (including phenoxy) is 2. The minimum absolute atomic E-state index is 0.178. The van der Waals surface area contributed by atoms with E-state index in [9.17, 15) is 14.7 Å². The molecule has 5 rings (SSSR count). The highest BCUT2D eigenvalue weighted by Gasteiger charge is 2.57. The molecule has 2 unspecified atom stereocenters. The van der Waals surface area contributed by atoms with Crippen LogP contribution in [0.4, 0.5) is 5.69 Å². The zero-order chi connectivity index (χ0) is 20.8. The molecule has 1 aromatic rings. The Morgan fingerprint density at radius 3 is 2.59 bits per heavy atom. The maximum Gasteiger partial charge on any atom is 0.307 e. The van der Waals surface area contributed by atoms with E-state index in [4.69, 9.17) is 21.1 Å². The van der Waals surface area contributed by atoms with Crippen LogP contribution in [0.3, 0.4) is 0 Å². The maximum absolute atomic E-state index is 12.6. The fourth-order valence-corrected chi connectivity index (χ4v) is 6.39. The lowest BCUT2D eigenvalue weighted by molar-refractivity contribution is -0.179. The fourth-order valence-electron chi connectivity index (χ4n) is 6.22. The molecule has 7 heteroatoms. The van der Waals surface area contributed by atoms with Gasteiger partial charge in [0.25, 0.3) is 5.91 Å². The third-order valence-corrected chi connectivity index (χ3v) is 7.00. The van der Waals surface area contributed by atoms with Gasteiger partial charge in [-0.25, -0.2) is 0 Å². The summed E-state index contributed by atoms with van der Waals surface area (Å²) in [6, 6.07) is 4.91. The van der Waals surface area contributed by atoms with E-state index in [1.807, 2.05) is 0 Å². The third-order valence-electron chi connectivity index (χ3n) is 6.77. The van der Waals surface area contributed by atoms with Crippen molar-refractivity contribution in [1.82, 2.24) is 0 Å². The van der Waals surface area contributed by atoms with E-state index in [0.29, 0.717) is 34.7 Å². The number of hydrogen-bond acceptors (Lipinski definition) is 5. The van der Waals surface area contributed by atoms with Crippen LogP contribution in [-0.2, 0) is 14.3 Å². The Bertz CT molecular complexity index is 811. The quantitative estimate of drug-likeness (QED) is 0.679. The number of nitrogens with one attached hydrogen (secondary N) is 1. The van der Waals surface area contributed by atoms with Crippen molar-refractivity contribution >= 4 is 29.2 Å². The van der Waals surface area contributed by atoms with Gasteiger partial charge in [-0.2, -0.15) is 0 Å². The molecule has 0 spiro atoms. The molecule has 0 heterocycles. The van der Waals surface area contributed by atoms with E-state index in [1.54, 1.807) is 25.1 Å². The Labute approximate surface area is 175 Å². The minimum Gasteiger partial charge on any atom is -0.495 e. The second kappa shape index (κ2) is 7.47. The van der Waals surface area contributed by atoms with Crippen molar-refractivity contribution in [1.29, 1.82) is 0 Å². The maximum atomic E-state index is 12.6. The van der Waals surface area contributed by atoms with Crippen LogP contribution in [0.2, 0.25) is 5.02 Å². The number of anilines is 1. The summed E-state index contributed by atoms with van der Waals surface area (Å²) in [5, 5.41) is 14.0. The van der Waals surface area contributed by atoms with Gasteiger partial charge in [-0.15, -0.1) is 0 Å². The molecule has 5 atom stereocenters. The number of aliphatic hydroxyl groups is 1. The summed E-state index contributed by atoms with van der Waals surface area (Å²) in [6.45, 7) is 1.55. The summed E-state index contributed by atoms with van der Waals surface area (Å²) in [7, 11) is 1.50. The molecule has 158 valence electrons. The summed E-state index contributed by atoms with van der Waals surface area (Å²) >= 11 is 5.99. The third kappa shape index (κ3) is 4.24. The molecule has 1 amide bonds. The number of benzene rings is 1. The molecule has 0 aromatic heterocycles. The van der Waals surface area contributed by atoms with Crippen molar-refractivity contribution < 1.29 is 24.2 Å². The van der Waals surface area contributed by atoms with Gasteiger partial charge in [0.05, 0.1) is 24.8 Å². The molecule has 29 heavy (non-hydrogen) atoms. The molecule has 0 radical (unpaired) electrons. The number of rotatable bonds is 6. The first-order chi connectivity index (χ1) is 13.7. The zero-order valence-electron chi connectivity index (χ0n) is 16.9. The van der Waals surface area contributed by atoms with Gasteiger partial charge in [0.15, 0.2) is 6.10 Å². The Morgan fingerprint density at radius 2 is 1.97 bits per heavy atom. The summed E-state index contributed by atoms with van der Waals surface area (Å²) in [4.78, 5) is 25.2. The molecule has 4 aliphatic carbocycles. The van der Waals surface area contributed by atoms with Gasteiger partial charge in [0.1, 0.15) is 5.75 Å². The van der Waals surface area contributed by atoms with Crippen molar-refractivity contribution in [2.24, 2.45) is 17.3 Å². The van der Waals surface area contributed by atoms with Crippen LogP contribution in [0.5, 0.6) is 5.75 Å². The van der Waals surface area contributed by atoms with Crippen LogP contribution in [0.1, 0.15) is 51.9 Å². The van der Waals surface area contributed by atoms with Crippen LogP contribution >= 0.6 is 11.6 Å². The molecule has 2 N–H and O–H groups in total. The Morgan fingerprint density at radius 1 is 1.28 bits per heavy atom. The molecule has 4 bridgehead atoms. The molecule has 4 aliphatic rings. The highest BCUT2D eigenvalue weighted by Crippen LogP contribution is 2.62. The van der Waals surface area contributed by atoms with E-state index >= 15 is 0 Å². The lowest BCUT2D eigenvalue weighted by atomic mass is 9.47. The van der Waals surface area contributed by atoms with Crippen LogP contribution in [-0.4, -0.2) is 35.8 Å². The summed E-state index contributed by atoms with van der Waals surface area (Å²) in [5.41, 5.74) is -0.366. The lowest BCUT2D eigenvalue weighted by Crippen LogP contribution is -2.56. The van der Waals surface area contributed by atoms with Crippen molar-refractivity contribution in [2.45, 2.75) is 63.6 Å². The minimum atomic E-state index is -0.941. The van der Waals surface area contributed by atoms with Crippen molar-refractivity contribution in [3.63, 3.8) is 0 Å². The number of hydrogen-bond donors (Lipinski definition) is 2. The largest absolute Gasteiger partial charge is 0.495 e. The molecule has 4 fully saturated rings. The first kappa shape index (κ1) is 20.5. The van der Waals surface area contributed by atoms with Gasteiger partial charge in [0, 0.05) is 5.02 Å². The zero-order valence-corrected chi connectivity index (χ0v) is 17.6. The molecule has 4 saturated carbocycles. The van der Waals surface area contributed by atoms with Gasteiger partial charge < -0.3 is 19.9 Å². The Balaban J connectivity index is 1.36. The monoisotopic (exact) mass is 421 g/mol. The molecular formula is C22H28ClNO5. The molecule has 1 aromatic carbocycles. The number of methoxy groups -OCH3 is 1. The molecule has 0 saturated heterocycles. The molecule has 6 nitrogen and oxygen atoms in total. The average Bonchev–Trinajstić information content (AvgIpc) is 2.59. The molecular weight excluding hydrogens is 394 g/mol. The van der Waals surface area contributed by atoms with E-state index in [1.165, 1.54) is 13.5 Å². The van der Waals surface area contributed by atoms with E-state index in [2.05, 4.69) is 5.32 Å². The number of amides is 1. The SMILES string of the molecule is COc1ccc(Cl)cc1NC(=O)[C@H](C)OC(=O)CC12C[C@@H]3C[C@@H](CC(O)(C3)C1)C2. The van der Waals surface area contributed by atoms with Gasteiger partial charge in [0.2, 0.25) is 0 Å². The van der Waals surface area contributed by atoms with Gasteiger partial charge >= 0.3 is 5.97 Å². The van der Waals surface area contributed by atoms with Gasteiger partial charge in [-0.3, -0.25) is 9.59 Å². The molecule has 0 aliphatic heterocycles. The van der Waals surface area contributed by atoms with Crippen LogP contribution in [0, 0.1) is 17.3 Å². The second-order valence-corrected chi connectivity index (χ2v) is 9.76. The fraction of sp³-hybridized carbons (Fsp3) is 0.636. The predicted octanol–water partition coefficient (Wildman–Crippen LogP) is 3.94. The van der Waals surface area contributed by atoms with Crippen molar-refractivity contribution in [3.8, 4) is 5.75 Å². The highest BCUT2D eigenvalue weighted by molar-refractivity contribution is 6.31. The summed E-state index contributed by atoms with van der Waals surface area (Å²) in [5.74, 6) is 0.664. The first-order valence-electron chi connectivity index (χ1n) is 10.3. The highest BCUT2D eigenvalue weighted by atomic mass is 35.5. The van der Waals surface area contributed by atoms with Crippen LogP contribution in [0.15, 0.2) is 18.2 Å². The number of halogens is 1. The summed E-state index contributed by atoms with van der Waals surface area (Å²) < 4.78 is 10.7. The second-order valence-electron chi connectivity index (χ2n) is 9.33. The van der Waals surface area contributed by atoms with Crippen molar-refractivity contribution in [2.75, 3.05) is 12.4 Å². The Kier molecular flexibility index (Phi) is 5.28. The number of esters is 1. The van der Waals surface area contributed by atoms with E-state index in [-0.39, 0.29) is 17.8 Å². The smallest absolute Gasteiger partial charge is 0.307 e. The number of carbonyl (C=O) groups is 2. The van der Waals surface area contributed by atoms with Crippen LogP contribution in [0.25, 0.3) is 0 Å². The van der Waals surface area contributed by atoms with E-state index in [0.717, 1.165) is 25.7 Å². The standard InChI is InChI=1S/C22H28ClNO5/c1-13(20(26)24-17-6-16(23)3-4-18(17)28-2)29-19(25)11-21-7-14-5-15(8-21)10-22(27,9-14)12-21/h3-4,6,13-15,27H,5,7-12H2,1-2H3,(H,24,26)/t13-,14-,15+,21?,22?/m0/s1.